The van der Waals surface area contributed by atoms with Gasteiger partial charge in [0.05, 0.1) is 5.52 Å². The first-order valence-electron chi connectivity index (χ1n) is 7.71. The van der Waals surface area contributed by atoms with Gasteiger partial charge in [-0.25, -0.2) is 4.39 Å². The van der Waals surface area contributed by atoms with E-state index in [0.29, 0.717) is 24.4 Å². The highest BCUT2D eigenvalue weighted by atomic mass is 19.1. The van der Waals surface area contributed by atoms with Gasteiger partial charge in [-0.2, -0.15) is 0 Å². The minimum atomic E-state index is -0.295. The van der Waals surface area contributed by atoms with Crippen LogP contribution in [0.1, 0.15) is 28.7 Å². The smallest absolute Gasteiger partial charge is 0.268 e. The predicted octanol–water partition coefficient (Wildman–Crippen LogP) is 4.19. The number of nitrogens with one attached hydrogen (secondary N) is 1. The second kappa shape index (κ2) is 6.35. The number of benzene rings is 1. The van der Waals surface area contributed by atoms with Crippen LogP contribution < -0.4 is 5.32 Å². The first-order valence-corrected chi connectivity index (χ1v) is 7.71. The number of furan rings is 1. The lowest BCUT2D eigenvalue weighted by molar-refractivity contribution is 0.0942. The molecule has 0 saturated heterocycles. The largest absolute Gasteiger partial charge is 0.460 e. The average molecular weight is 326 g/mol. The molecule has 0 aliphatic carbocycles. The van der Waals surface area contributed by atoms with Crippen LogP contribution in [-0.4, -0.2) is 10.5 Å². The lowest BCUT2D eigenvalue weighted by Gasteiger charge is -2.10. The number of carbonyl (C=O) groups is 1. The van der Waals surface area contributed by atoms with Gasteiger partial charge in [0.2, 0.25) is 0 Å². The fourth-order valence-electron chi connectivity index (χ4n) is 2.67. The third kappa shape index (κ3) is 3.25. The molecule has 3 rings (SSSR count). The Morgan fingerprint density at radius 1 is 1.29 bits per heavy atom. The highest BCUT2D eigenvalue weighted by Crippen LogP contribution is 2.24. The fraction of sp³-hybridized carbons (Fsp3) is 0.211. The molecule has 1 N–H and O–H groups in total. The number of carbonyl (C=O) groups excluding carboxylic acids is 1. The molecule has 1 aromatic carbocycles. The number of fused-ring (bicyclic) bond motifs is 1. The number of hydrogen-bond acceptors (Lipinski definition) is 2. The molecule has 0 spiro atoms. The molecule has 0 aliphatic rings. The van der Waals surface area contributed by atoms with Crippen molar-refractivity contribution < 1.29 is 13.6 Å². The third-order valence-corrected chi connectivity index (χ3v) is 3.74. The SMILES string of the molecule is C=C(C)Cn1c(C(=O)NCc2ccc(F)cc2)cc2oc(C)cc21. The van der Waals surface area contributed by atoms with Gasteiger partial charge in [-0.3, -0.25) is 4.79 Å². The summed E-state index contributed by atoms with van der Waals surface area (Å²) in [5.74, 6) is 0.300. The van der Waals surface area contributed by atoms with E-state index in [1.807, 2.05) is 24.5 Å². The molecule has 0 atom stereocenters. The highest BCUT2D eigenvalue weighted by Gasteiger charge is 2.18. The molecule has 5 heteroatoms. The molecular weight excluding hydrogens is 307 g/mol. The summed E-state index contributed by atoms with van der Waals surface area (Å²) < 4.78 is 20.5. The van der Waals surface area contributed by atoms with Crippen molar-refractivity contribution in [2.75, 3.05) is 0 Å². The van der Waals surface area contributed by atoms with Gasteiger partial charge in [-0.1, -0.05) is 24.3 Å². The number of halogens is 1. The van der Waals surface area contributed by atoms with Crippen molar-refractivity contribution in [2.45, 2.75) is 26.9 Å². The fourth-order valence-corrected chi connectivity index (χ4v) is 2.67. The summed E-state index contributed by atoms with van der Waals surface area (Å²) in [5.41, 5.74) is 3.86. The van der Waals surface area contributed by atoms with E-state index < -0.39 is 0 Å². The molecule has 0 saturated carbocycles. The maximum absolute atomic E-state index is 12.9. The molecule has 0 bridgehead atoms. The van der Waals surface area contributed by atoms with Crippen LogP contribution in [0, 0.1) is 12.7 Å². The number of rotatable bonds is 5. The molecule has 124 valence electrons. The minimum absolute atomic E-state index is 0.204. The second-order valence-electron chi connectivity index (χ2n) is 5.99. The first-order chi connectivity index (χ1) is 11.4. The molecule has 4 nitrogen and oxygen atoms in total. The Kier molecular flexibility index (Phi) is 4.25. The normalized spacial score (nSPS) is 11.0. The first kappa shape index (κ1) is 16.1. The van der Waals surface area contributed by atoms with Gasteiger partial charge >= 0.3 is 0 Å². The predicted molar refractivity (Wildman–Crippen MR) is 91.3 cm³/mol. The number of nitrogens with zero attached hydrogens (tertiary/aromatic N) is 1. The van der Waals surface area contributed by atoms with Gasteiger partial charge in [0.1, 0.15) is 17.3 Å². The van der Waals surface area contributed by atoms with Crippen molar-refractivity contribution in [3.63, 3.8) is 0 Å². The zero-order valence-electron chi connectivity index (χ0n) is 13.7. The monoisotopic (exact) mass is 326 g/mol. The van der Waals surface area contributed by atoms with Crippen LogP contribution in [-0.2, 0) is 13.1 Å². The topological polar surface area (TPSA) is 47.2 Å². The number of aryl methyl sites for hydroxylation is 1. The zero-order chi connectivity index (χ0) is 17.3. The molecule has 2 heterocycles. The van der Waals surface area contributed by atoms with Crippen molar-refractivity contribution in [2.24, 2.45) is 0 Å². The zero-order valence-corrected chi connectivity index (χ0v) is 13.7. The summed E-state index contributed by atoms with van der Waals surface area (Å²) >= 11 is 0. The van der Waals surface area contributed by atoms with Crippen molar-refractivity contribution in [3.8, 4) is 0 Å². The standard InChI is InChI=1S/C19H19FN2O2/c1-12(2)11-22-16-8-13(3)24-18(16)9-17(22)19(23)21-10-14-4-6-15(20)7-5-14/h4-9H,1,10-11H2,2-3H3,(H,21,23). The Morgan fingerprint density at radius 2 is 2.00 bits per heavy atom. The van der Waals surface area contributed by atoms with Crippen molar-refractivity contribution >= 4 is 17.0 Å². The maximum Gasteiger partial charge on any atom is 0.268 e. The van der Waals surface area contributed by atoms with Crippen LogP contribution in [0.4, 0.5) is 4.39 Å². The van der Waals surface area contributed by atoms with Gasteiger partial charge < -0.3 is 14.3 Å². The summed E-state index contributed by atoms with van der Waals surface area (Å²) in [7, 11) is 0. The van der Waals surface area contributed by atoms with Crippen molar-refractivity contribution in [3.05, 3.63) is 71.4 Å². The quantitative estimate of drug-likeness (QED) is 0.715. The highest BCUT2D eigenvalue weighted by molar-refractivity contribution is 5.97. The number of allylic oxidation sites excluding steroid dienone is 1. The number of hydrogen-bond donors (Lipinski definition) is 1. The summed E-state index contributed by atoms with van der Waals surface area (Å²) in [6, 6.07) is 9.71. The van der Waals surface area contributed by atoms with E-state index >= 15 is 0 Å². The maximum atomic E-state index is 12.9. The number of amides is 1. The van der Waals surface area contributed by atoms with E-state index in [2.05, 4.69) is 11.9 Å². The van der Waals surface area contributed by atoms with Crippen LogP contribution >= 0.6 is 0 Å². The second-order valence-corrected chi connectivity index (χ2v) is 5.99. The Labute approximate surface area is 139 Å². The van der Waals surface area contributed by atoms with Gasteiger partial charge in [0.15, 0.2) is 5.58 Å². The Hall–Kier alpha value is -2.82. The lowest BCUT2D eigenvalue weighted by Crippen LogP contribution is -2.25. The summed E-state index contributed by atoms with van der Waals surface area (Å²) in [5, 5.41) is 2.86. The summed E-state index contributed by atoms with van der Waals surface area (Å²) in [6.07, 6.45) is 0. The van der Waals surface area contributed by atoms with E-state index in [1.165, 1.54) is 12.1 Å². The van der Waals surface area contributed by atoms with E-state index in [1.54, 1.807) is 18.2 Å². The Morgan fingerprint density at radius 3 is 2.67 bits per heavy atom. The van der Waals surface area contributed by atoms with Gasteiger partial charge in [-0.15, -0.1) is 0 Å². The van der Waals surface area contributed by atoms with Crippen LogP contribution in [0.15, 0.2) is 53.0 Å². The minimum Gasteiger partial charge on any atom is -0.460 e. The molecule has 0 radical (unpaired) electrons. The van der Waals surface area contributed by atoms with E-state index in [0.717, 1.165) is 22.4 Å². The Balaban J connectivity index is 1.84. The van der Waals surface area contributed by atoms with Gasteiger partial charge in [0, 0.05) is 25.2 Å². The summed E-state index contributed by atoms with van der Waals surface area (Å²) in [4.78, 5) is 12.6. The molecule has 0 unspecified atom stereocenters. The molecule has 0 fully saturated rings. The lowest BCUT2D eigenvalue weighted by atomic mass is 10.2. The molecule has 1 amide bonds. The van der Waals surface area contributed by atoms with Crippen LogP contribution in [0.3, 0.4) is 0 Å². The van der Waals surface area contributed by atoms with Crippen LogP contribution in [0.5, 0.6) is 0 Å². The van der Waals surface area contributed by atoms with E-state index in [4.69, 9.17) is 4.42 Å². The summed E-state index contributed by atoms with van der Waals surface area (Å²) in [6.45, 7) is 8.59. The molecule has 0 aliphatic heterocycles. The van der Waals surface area contributed by atoms with Crippen LogP contribution in [0.25, 0.3) is 11.1 Å². The van der Waals surface area contributed by atoms with E-state index in [9.17, 15) is 9.18 Å². The Bertz CT molecular complexity index is 903. The molecule has 3 aromatic rings. The van der Waals surface area contributed by atoms with Crippen LogP contribution in [0.2, 0.25) is 0 Å². The van der Waals surface area contributed by atoms with Crippen molar-refractivity contribution in [1.82, 2.24) is 9.88 Å². The molecule has 2 aromatic heterocycles. The third-order valence-electron chi connectivity index (χ3n) is 3.74. The average Bonchev–Trinajstić information content (AvgIpc) is 3.03. The molecule has 24 heavy (non-hydrogen) atoms. The van der Waals surface area contributed by atoms with E-state index in [-0.39, 0.29) is 11.7 Å². The van der Waals surface area contributed by atoms with Gasteiger partial charge in [0.25, 0.3) is 5.91 Å². The molecular formula is C19H19FN2O2. The van der Waals surface area contributed by atoms with Crippen molar-refractivity contribution in [1.29, 1.82) is 0 Å². The van der Waals surface area contributed by atoms with Gasteiger partial charge in [-0.05, 0) is 31.5 Å². The number of aromatic nitrogens is 1.